The van der Waals surface area contributed by atoms with Crippen molar-refractivity contribution in [2.24, 2.45) is 5.16 Å². The molecule has 0 saturated heterocycles. The van der Waals surface area contributed by atoms with E-state index in [0.717, 1.165) is 19.3 Å². The number of carbonyl (C=O) groups excluding carboxylic acids is 1. The summed E-state index contributed by atoms with van der Waals surface area (Å²) in [5, 5.41) is 12.1. The van der Waals surface area contributed by atoms with E-state index in [0.29, 0.717) is 17.7 Å². The Bertz CT molecular complexity index is 414. The largest absolute Gasteiger partial charge is 0.452 e. The van der Waals surface area contributed by atoms with Crippen molar-refractivity contribution < 1.29 is 14.7 Å². The molecule has 0 amide bonds. The predicted molar refractivity (Wildman–Crippen MR) is 63.3 cm³/mol. The summed E-state index contributed by atoms with van der Waals surface area (Å²) in [6.07, 6.45) is 3.03. The van der Waals surface area contributed by atoms with E-state index in [2.05, 4.69) is 5.16 Å². The highest BCUT2D eigenvalue weighted by atomic mass is 16.5. The molecule has 1 saturated carbocycles. The lowest BCUT2D eigenvalue weighted by Gasteiger charge is -2.22. The molecule has 1 aromatic carbocycles. The number of nitrogens with zero attached hydrogens (tertiary/aromatic N) is 1. The van der Waals surface area contributed by atoms with Gasteiger partial charge in [0.2, 0.25) is 0 Å². The molecule has 1 atom stereocenters. The van der Waals surface area contributed by atoms with Crippen LogP contribution in [-0.4, -0.2) is 23.0 Å². The van der Waals surface area contributed by atoms with Gasteiger partial charge in [-0.1, -0.05) is 23.4 Å². The zero-order chi connectivity index (χ0) is 12.1. The van der Waals surface area contributed by atoms with Gasteiger partial charge in [0.05, 0.1) is 11.3 Å². The molecule has 4 heteroatoms. The van der Waals surface area contributed by atoms with E-state index in [1.807, 2.05) is 6.07 Å². The Labute approximate surface area is 99.9 Å². The van der Waals surface area contributed by atoms with E-state index in [1.165, 1.54) is 0 Å². The first-order valence-electron chi connectivity index (χ1n) is 5.78. The molecule has 1 aromatic rings. The molecule has 1 aliphatic carbocycles. The first-order valence-corrected chi connectivity index (χ1v) is 5.78. The molecular weight excluding hydrogens is 218 g/mol. The van der Waals surface area contributed by atoms with Gasteiger partial charge in [-0.15, -0.1) is 0 Å². The second-order valence-corrected chi connectivity index (χ2v) is 4.10. The molecule has 0 unspecified atom stereocenters. The molecule has 1 aliphatic rings. The van der Waals surface area contributed by atoms with Gasteiger partial charge in [-0.25, -0.2) is 4.79 Å². The summed E-state index contributed by atoms with van der Waals surface area (Å²) < 4.78 is 5.35. The number of carbonyl (C=O) groups is 1. The van der Waals surface area contributed by atoms with Crippen LogP contribution in [0.5, 0.6) is 0 Å². The van der Waals surface area contributed by atoms with Crippen LogP contribution in [-0.2, 0) is 4.74 Å². The summed E-state index contributed by atoms with van der Waals surface area (Å²) in [5.74, 6) is -0.362. The molecule has 0 spiro atoms. The lowest BCUT2D eigenvalue weighted by molar-refractivity contribution is 0.0389. The second-order valence-electron chi connectivity index (χ2n) is 4.10. The zero-order valence-electron chi connectivity index (χ0n) is 9.50. The van der Waals surface area contributed by atoms with Gasteiger partial charge in [-0.2, -0.15) is 0 Å². The number of esters is 1. The molecular formula is C13H15NO3. The summed E-state index contributed by atoms with van der Waals surface area (Å²) >= 11 is 0. The maximum atomic E-state index is 11.8. The van der Waals surface area contributed by atoms with Crippen LogP contribution in [0, 0.1) is 0 Å². The van der Waals surface area contributed by atoms with Crippen molar-refractivity contribution in [1.82, 2.24) is 0 Å². The summed E-state index contributed by atoms with van der Waals surface area (Å²) in [6.45, 7) is 0. The number of oxime groups is 1. The van der Waals surface area contributed by atoms with Gasteiger partial charge in [0.1, 0.15) is 6.10 Å². The molecule has 0 aliphatic heterocycles. The van der Waals surface area contributed by atoms with E-state index in [4.69, 9.17) is 9.94 Å². The summed E-state index contributed by atoms with van der Waals surface area (Å²) in [6, 6.07) is 8.84. The smallest absolute Gasteiger partial charge is 0.338 e. The number of rotatable bonds is 2. The Morgan fingerprint density at radius 3 is 2.76 bits per heavy atom. The van der Waals surface area contributed by atoms with Crippen molar-refractivity contribution in [3.8, 4) is 0 Å². The Balaban J connectivity index is 2.03. The second kappa shape index (κ2) is 5.48. The van der Waals surface area contributed by atoms with E-state index < -0.39 is 0 Å². The van der Waals surface area contributed by atoms with E-state index in [-0.39, 0.29) is 12.1 Å². The van der Waals surface area contributed by atoms with Crippen molar-refractivity contribution in [3.05, 3.63) is 35.9 Å². The Hall–Kier alpha value is -1.84. The first kappa shape index (κ1) is 11.6. The van der Waals surface area contributed by atoms with Crippen molar-refractivity contribution >= 4 is 11.7 Å². The standard InChI is InChI=1S/C13H15NO3/c15-13(10-6-2-1-3-7-10)17-12-9-5-4-8-11(12)14-16/h1-3,6-7,12,16H,4-5,8-9H2/b14-11-/t12-/m1/s1. The average molecular weight is 233 g/mol. The summed E-state index contributed by atoms with van der Waals surface area (Å²) in [5.41, 5.74) is 1.09. The van der Waals surface area contributed by atoms with Gasteiger partial charge < -0.3 is 9.94 Å². The minimum Gasteiger partial charge on any atom is -0.452 e. The quantitative estimate of drug-likeness (QED) is 0.485. The topological polar surface area (TPSA) is 58.9 Å². The first-order chi connectivity index (χ1) is 8.31. The lowest BCUT2D eigenvalue weighted by Crippen LogP contribution is -2.30. The predicted octanol–water partition coefficient (Wildman–Crippen LogP) is 2.62. The Morgan fingerprint density at radius 2 is 2.06 bits per heavy atom. The number of hydrogen-bond acceptors (Lipinski definition) is 4. The minimum absolute atomic E-state index is 0.362. The van der Waals surface area contributed by atoms with Gasteiger partial charge in [-0.05, 0) is 37.8 Å². The van der Waals surface area contributed by atoms with E-state index in [1.54, 1.807) is 24.3 Å². The van der Waals surface area contributed by atoms with Crippen LogP contribution in [0.25, 0.3) is 0 Å². The lowest BCUT2D eigenvalue weighted by atomic mass is 9.95. The minimum atomic E-state index is -0.374. The zero-order valence-corrected chi connectivity index (χ0v) is 9.50. The van der Waals surface area contributed by atoms with Crippen molar-refractivity contribution in [3.63, 3.8) is 0 Å². The molecule has 0 bridgehead atoms. The summed E-state index contributed by atoms with van der Waals surface area (Å²) in [4.78, 5) is 11.8. The normalized spacial score (nSPS) is 22.4. The van der Waals surface area contributed by atoms with E-state index in [9.17, 15) is 4.79 Å². The molecule has 2 rings (SSSR count). The molecule has 1 fully saturated rings. The third kappa shape index (κ3) is 2.84. The Kier molecular flexibility index (Phi) is 3.75. The van der Waals surface area contributed by atoms with Crippen molar-refractivity contribution in [2.75, 3.05) is 0 Å². The van der Waals surface area contributed by atoms with Crippen LogP contribution in [0.15, 0.2) is 35.5 Å². The van der Waals surface area contributed by atoms with Gasteiger partial charge in [-0.3, -0.25) is 0 Å². The van der Waals surface area contributed by atoms with Gasteiger partial charge >= 0.3 is 5.97 Å². The fraction of sp³-hybridized carbons (Fsp3) is 0.385. The van der Waals surface area contributed by atoms with Crippen molar-refractivity contribution in [1.29, 1.82) is 0 Å². The van der Waals surface area contributed by atoms with Crippen LogP contribution in [0.4, 0.5) is 0 Å². The van der Waals surface area contributed by atoms with Gasteiger partial charge in [0.25, 0.3) is 0 Å². The third-order valence-corrected chi connectivity index (χ3v) is 2.91. The molecule has 17 heavy (non-hydrogen) atoms. The number of hydrogen-bond donors (Lipinski definition) is 1. The van der Waals surface area contributed by atoms with Gasteiger partial charge in [0, 0.05) is 0 Å². The van der Waals surface area contributed by atoms with Crippen LogP contribution < -0.4 is 0 Å². The number of ether oxygens (including phenoxy) is 1. The Morgan fingerprint density at radius 1 is 1.29 bits per heavy atom. The molecule has 0 aromatic heterocycles. The fourth-order valence-electron chi connectivity index (χ4n) is 1.98. The monoisotopic (exact) mass is 233 g/mol. The van der Waals surface area contributed by atoms with Crippen LogP contribution in [0.2, 0.25) is 0 Å². The van der Waals surface area contributed by atoms with E-state index >= 15 is 0 Å². The van der Waals surface area contributed by atoms with Gasteiger partial charge in [0.15, 0.2) is 0 Å². The highest BCUT2D eigenvalue weighted by Gasteiger charge is 2.25. The van der Waals surface area contributed by atoms with Crippen LogP contribution in [0.3, 0.4) is 0 Å². The van der Waals surface area contributed by atoms with Crippen LogP contribution in [0.1, 0.15) is 36.0 Å². The van der Waals surface area contributed by atoms with Crippen LogP contribution >= 0.6 is 0 Å². The number of benzene rings is 1. The molecule has 0 heterocycles. The molecule has 90 valence electrons. The third-order valence-electron chi connectivity index (χ3n) is 2.91. The maximum Gasteiger partial charge on any atom is 0.338 e. The highest BCUT2D eigenvalue weighted by Crippen LogP contribution is 2.19. The average Bonchev–Trinajstić information content (AvgIpc) is 2.40. The maximum absolute atomic E-state index is 11.8. The molecule has 4 nitrogen and oxygen atoms in total. The molecule has 1 N–H and O–H groups in total. The van der Waals surface area contributed by atoms with Crippen molar-refractivity contribution in [2.45, 2.75) is 31.8 Å². The molecule has 0 radical (unpaired) electrons. The highest BCUT2D eigenvalue weighted by molar-refractivity contribution is 5.94. The SMILES string of the molecule is O=C(O[C@@H]1CCCC/C1=N/O)c1ccccc1. The summed E-state index contributed by atoms with van der Waals surface area (Å²) in [7, 11) is 0. The fourth-order valence-corrected chi connectivity index (χ4v) is 1.98.